The van der Waals surface area contributed by atoms with E-state index in [2.05, 4.69) is 0 Å². The van der Waals surface area contributed by atoms with Gasteiger partial charge in [-0.1, -0.05) is 0 Å². The Morgan fingerprint density at radius 1 is 1.42 bits per heavy atom. The second-order valence-electron chi connectivity index (χ2n) is 3.49. The summed E-state index contributed by atoms with van der Waals surface area (Å²) in [5.74, 6) is 0.666. The molecule has 0 saturated carbocycles. The molecule has 0 fully saturated rings. The minimum Gasteiger partial charge on any atom is -0.459 e. The molecule has 1 aromatic rings. The van der Waals surface area contributed by atoms with E-state index in [1.807, 2.05) is 20.8 Å². The van der Waals surface area contributed by atoms with Gasteiger partial charge in [-0.2, -0.15) is 0 Å². The van der Waals surface area contributed by atoms with Gasteiger partial charge in [0.1, 0.15) is 5.60 Å². The predicted octanol–water partition coefficient (Wildman–Crippen LogP) is 2.27. The van der Waals surface area contributed by atoms with Crippen LogP contribution < -0.4 is 4.74 Å². The van der Waals surface area contributed by atoms with Crippen molar-refractivity contribution >= 4 is 6.29 Å². The second kappa shape index (κ2) is 3.01. The summed E-state index contributed by atoms with van der Waals surface area (Å²) >= 11 is 0. The lowest BCUT2D eigenvalue weighted by molar-refractivity contribution is 0.0897. The third-order valence-electron chi connectivity index (χ3n) is 1.13. The van der Waals surface area contributed by atoms with Crippen LogP contribution in [0.2, 0.25) is 0 Å². The van der Waals surface area contributed by atoms with E-state index in [1.54, 1.807) is 12.1 Å². The fraction of sp³-hybridized carbons (Fsp3) is 0.444. The van der Waals surface area contributed by atoms with Crippen LogP contribution in [0.5, 0.6) is 5.95 Å². The highest BCUT2D eigenvalue weighted by Crippen LogP contribution is 2.19. The Morgan fingerprint density at radius 2 is 2.08 bits per heavy atom. The van der Waals surface area contributed by atoms with Crippen LogP contribution in [0, 0.1) is 0 Å². The van der Waals surface area contributed by atoms with Crippen molar-refractivity contribution in [3.05, 3.63) is 17.9 Å². The van der Waals surface area contributed by atoms with E-state index in [0.717, 1.165) is 0 Å². The molecule has 0 aliphatic rings. The normalized spacial score (nSPS) is 11.2. The van der Waals surface area contributed by atoms with Gasteiger partial charge in [-0.3, -0.25) is 4.79 Å². The smallest absolute Gasteiger partial charge is 0.285 e. The molecule has 0 aromatic carbocycles. The molecule has 12 heavy (non-hydrogen) atoms. The van der Waals surface area contributed by atoms with Crippen molar-refractivity contribution in [1.82, 2.24) is 0 Å². The van der Waals surface area contributed by atoms with E-state index >= 15 is 0 Å². The predicted molar refractivity (Wildman–Crippen MR) is 44.5 cm³/mol. The van der Waals surface area contributed by atoms with Gasteiger partial charge in [0.2, 0.25) is 0 Å². The molecule has 1 aromatic heterocycles. The third-order valence-corrected chi connectivity index (χ3v) is 1.13. The number of ether oxygens (including phenoxy) is 1. The molecule has 0 aliphatic heterocycles. The number of furan rings is 1. The number of hydrogen-bond acceptors (Lipinski definition) is 3. The van der Waals surface area contributed by atoms with Crippen LogP contribution in [0.15, 0.2) is 16.5 Å². The summed E-state index contributed by atoms with van der Waals surface area (Å²) in [4.78, 5) is 10.2. The molecular formula is C9H12O3. The minimum atomic E-state index is -0.294. The Balaban J connectivity index is 2.70. The van der Waals surface area contributed by atoms with Gasteiger partial charge >= 0.3 is 0 Å². The average Bonchev–Trinajstić information content (AvgIpc) is 2.32. The number of rotatable bonds is 2. The first-order valence-corrected chi connectivity index (χ1v) is 3.75. The van der Waals surface area contributed by atoms with Crippen molar-refractivity contribution in [3.8, 4) is 5.95 Å². The topological polar surface area (TPSA) is 39.4 Å². The maximum atomic E-state index is 10.2. The first-order valence-electron chi connectivity index (χ1n) is 3.75. The van der Waals surface area contributed by atoms with Gasteiger partial charge in [0, 0.05) is 6.07 Å². The highest BCUT2D eigenvalue weighted by molar-refractivity contribution is 5.70. The molecule has 0 atom stereocenters. The maximum Gasteiger partial charge on any atom is 0.285 e. The van der Waals surface area contributed by atoms with E-state index in [9.17, 15) is 4.79 Å². The first kappa shape index (κ1) is 8.84. The molecule has 0 bridgehead atoms. The maximum absolute atomic E-state index is 10.2. The van der Waals surface area contributed by atoms with Gasteiger partial charge in [0.25, 0.3) is 5.95 Å². The molecule has 0 aliphatic carbocycles. The number of carbonyl (C=O) groups is 1. The summed E-state index contributed by atoms with van der Waals surface area (Å²) in [6.45, 7) is 5.74. The van der Waals surface area contributed by atoms with Crippen molar-refractivity contribution in [1.29, 1.82) is 0 Å². The quantitative estimate of drug-likeness (QED) is 0.636. The highest BCUT2D eigenvalue weighted by Gasteiger charge is 2.13. The van der Waals surface area contributed by atoms with E-state index in [1.165, 1.54) is 0 Å². The lowest BCUT2D eigenvalue weighted by Gasteiger charge is -2.18. The summed E-state index contributed by atoms with van der Waals surface area (Å²) < 4.78 is 10.4. The van der Waals surface area contributed by atoms with Gasteiger partial charge in [0.05, 0.1) is 0 Å². The Morgan fingerprint density at radius 3 is 2.50 bits per heavy atom. The largest absolute Gasteiger partial charge is 0.459 e. The van der Waals surface area contributed by atoms with Gasteiger partial charge in [0.15, 0.2) is 12.0 Å². The standard InChI is InChI=1S/C9H12O3/c1-9(2,3)12-8-5-4-7(6-10)11-8/h4-6H,1-3H3. The molecule has 0 radical (unpaired) electrons. The molecule has 0 saturated heterocycles. The third kappa shape index (κ3) is 2.42. The van der Waals surface area contributed by atoms with Crippen LogP contribution in [0.3, 0.4) is 0 Å². The molecule has 66 valence electrons. The van der Waals surface area contributed by atoms with Crippen molar-refractivity contribution in [3.63, 3.8) is 0 Å². The molecule has 1 heterocycles. The zero-order valence-corrected chi connectivity index (χ0v) is 7.46. The fourth-order valence-corrected chi connectivity index (χ4v) is 0.754. The molecule has 0 amide bonds. The van der Waals surface area contributed by atoms with Crippen LogP contribution in [0.1, 0.15) is 31.3 Å². The highest BCUT2D eigenvalue weighted by atomic mass is 16.6. The van der Waals surface area contributed by atoms with Crippen molar-refractivity contribution < 1.29 is 13.9 Å². The van der Waals surface area contributed by atoms with Crippen LogP contribution in [-0.2, 0) is 0 Å². The van der Waals surface area contributed by atoms with Crippen LogP contribution in [0.25, 0.3) is 0 Å². The van der Waals surface area contributed by atoms with E-state index < -0.39 is 0 Å². The van der Waals surface area contributed by atoms with Crippen molar-refractivity contribution in [2.75, 3.05) is 0 Å². The molecule has 0 N–H and O–H groups in total. The number of aldehydes is 1. The summed E-state index contributed by atoms with van der Waals surface area (Å²) in [7, 11) is 0. The van der Waals surface area contributed by atoms with Crippen molar-refractivity contribution in [2.45, 2.75) is 26.4 Å². The van der Waals surface area contributed by atoms with E-state index in [0.29, 0.717) is 12.2 Å². The fourth-order valence-electron chi connectivity index (χ4n) is 0.754. The zero-order chi connectivity index (χ0) is 9.19. The summed E-state index contributed by atoms with van der Waals surface area (Å²) in [5.41, 5.74) is -0.294. The zero-order valence-electron chi connectivity index (χ0n) is 7.46. The Hall–Kier alpha value is -1.25. The van der Waals surface area contributed by atoms with Crippen LogP contribution >= 0.6 is 0 Å². The van der Waals surface area contributed by atoms with E-state index in [4.69, 9.17) is 9.15 Å². The van der Waals surface area contributed by atoms with Crippen molar-refractivity contribution in [2.24, 2.45) is 0 Å². The van der Waals surface area contributed by atoms with Crippen LogP contribution in [-0.4, -0.2) is 11.9 Å². The van der Waals surface area contributed by atoms with Crippen LogP contribution in [0.4, 0.5) is 0 Å². The Kier molecular flexibility index (Phi) is 2.22. The van der Waals surface area contributed by atoms with Gasteiger partial charge in [-0.05, 0) is 26.8 Å². The average molecular weight is 168 g/mol. The van der Waals surface area contributed by atoms with Gasteiger partial charge in [-0.15, -0.1) is 0 Å². The van der Waals surface area contributed by atoms with E-state index in [-0.39, 0.29) is 11.4 Å². The summed E-state index contributed by atoms with van der Waals surface area (Å²) in [6.07, 6.45) is 0.648. The number of hydrogen-bond donors (Lipinski definition) is 0. The summed E-state index contributed by atoms with van der Waals surface area (Å²) in [6, 6.07) is 3.21. The lowest BCUT2D eigenvalue weighted by atomic mass is 10.2. The van der Waals surface area contributed by atoms with Gasteiger partial charge < -0.3 is 9.15 Å². The Bertz CT molecular complexity index is 268. The van der Waals surface area contributed by atoms with Gasteiger partial charge in [-0.25, -0.2) is 0 Å². The monoisotopic (exact) mass is 168 g/mol. The number of carbonyl (C=O) groups excluding carboxylic acids is 1. The minimum absolute atomic E-state index is 0.286. The lowest BCUT2D eigenvalue weighted by Crippen LogP contribution is -2.22. The Labute approximate surface area is 71.3 Å². The first-order chi connectivity index (χ1) is 5.51. The summed E-state index contributed by atoms with van der Waals surface area (Å²) in [5, 5.41) is 0. The molecule has 3 nitrogen and oxygen atoms in total. The molecule has 0 spiro atoms. The molecular weight excluding hydrogens is 156 g/mol. The molecule has 3 heteroatoms. The molecule has 1 rings (SSSR count). The molecule has 0 unspecified atom stereocenters. The second-order valence-corrected chi connectivity index (χ2v) is 3.49. The SMILES string of the molecule is CC(C)(C)Oc1ccc(C=O)o1.